The number of nitrogens with zero attached hydrogens (tertiary/aromatic N) is 2. The minimum atomic E-state index is -0.456. The Morgan fingerprint density at radius 3 is 2.27 bits per heavy atom. The highest BCUT2D eigenvalue weighted by atomic mass is 16.2. The first-order chi connectivity index (χ1) is 12.6. The van der Waals surface area contributed by atoms with Gasteiger partial charge in [0.15, 0.2) is 0 Å². The van der Waals surface area contributed by atoms with Crippen molar-refractivity contribution in [2.45, 2.75) is 24.4 Å². The smallest absolute Gasteiger partial charge is 0.243 e. The lowest BCUT2D eigenvalue weighted by Gasteiger charge is -2.42. The molecule has 26 heavy (non-hydrogen) atoms. The van der Waals surface area contributed by atoms with Crippen LogP contribution in [0.5, 0.6) is 0 Å². The van der Waals surface area contributed by atoms with Crippen molar-refractivity contribution in [3.63, 3.8) is 0 Å². The van der Waals surface area contributed by atoms with Gasteiger partial charge in [0.05, 0.1) is 0 Å². The summed E-state index contributed by atoms with van der Waals surface area (Å²) in [6.07, 6.45) is 1.60. The topological polar surface area (TPSA) is 35.6 Å². The van der Waals surface area contributed by atoms with E-state index in [1.54, 1.807) is 0 Å². The third-order valence-electron chi connectivity index (χ3n) is 6.00. The standard InChI is InChI=1S/C22H27N3O/c1-24(2)22(14-18-10-6-7-11-19(18)15-22)21(26)25-13-12-23-20(16-25)17-8-4-3-5-9-17/h3-11,20,23H,12-16H2,1-2H3/t20-/m0/s1. The molecule has 1 fully saturated rings. The fraction of sp³-hybridized carbons (Fsp3) is 0.409. The fourth-order valence-corrected chi connectivity index (χ4v) is 4.39. The molecule has 1 atom stereocenters. The summed E-state index contributed by atoms with van der Waals surface area (Å²) in [4.78, 5) is 17.9. The largest absolute Gasteiger partial charge is 0.338 e. The van der Waals surface area contributed by atoms with E-state index in [1.807, 2.05) is 20.2 Å². The molecule has 4 rings (SSSR count). The van der Waals surface area contributed by atoms with Gasteiger partial charge >= 0.3 is 0 Å². The summed E-state index contributed by atoms with van der Waals surface area (Å²) in [5.41, 5.74) is 3.41. The Morgan fingerprint density at radius 1 is 1.04 bits per heavy atom. The van der Waals surface area contributed by atoms with Gasteiger partial charge in [-0.25, -0.2) is 0 Å². The number of fused-ring (bicyclic) bond motifs is 1. The van der Waals surface area contributed by atoms with Crippen LogP contribution in [0.1, 0.15) is 22.7 Å². The van der Waals surface area contributed by atoms with Gasteiger partial charge in [0.25, 0.3) is 0 Å². The molecule has 0 bridgehead atoms. The minimum absolute atomic E-state index is 0.205. The maximum absolute atomic E-state index is 13.7. The second-order valence-corrected chi connectivity index (χ2v) is 7.72. The lowest BCUT2D eigenvalue weighted by Crippen LogP contribution is -2.61. The van der Waals surface area contributed by atoms with Crippen LogP contribution in [-0.2, 0) is 17.6 Å². The van der Waals surface area contributed by atoms with Gasteiger partial charge in [-0.2, -0.15) is 0 Å². The van der Waals surface area contributed by atoms with Crippen LogP contribution in [0.3, 0.4) is 0 Å². The number of piperazine rings is 1. The van der Waals surface area contributed by atoms with E-state index in [9.17, 15) is 4.79 Å². The SMILES string of the molecule is CN(C)C1(C(=O)N2CCN[C@H](c3ccccc3)C2)Cc2ccccc2C1. The normalized spacial score (nSPS) is 21.7. The quantitative estimate of drug-likeness (QED) is 0.923. The first kappa shape index (κ1) is 17.3. The molecule has 136 valence electrons. The second kappa shape index (κ2) is 6.86. The summed E-state index contributed by atoms with van der Waals surface area (Å²) < 4.78 is 0. The monoisotopic (exact) mass is 349 g/mol. The fourth-order valence-electron chi connectivity index (χ4n) is 4.39. The van der Waals surface area contributed by atoms with E-state index in [-0.39, 0.29) is 11.9 Å². The number of hydrogen-bond acceptors (Lipinski definition) is 3. The maximum atomic E-state index is 13.7. The highest BCUT2D eigenvalue weighted by molar-refractivity contribution is 5.88. The third kappa shape index (κ3) is 2.93. The molecular weight excluding hydrogens is 322 g/mol. The average Bonchev–Trinajstić information content (AvgIpc) is 3.09. The molecule has 0 spiro atoms. The molecule has 0 saturated carbocycles. The summed E-state index contributed by atoms with van der Waals surface area (Å²) >= 11 is 0. The molecule has 0 aromatic heterocycles. The highest BCUT2D eigenvalue weighted by Gasteiger charge is 2.48. The van der Waals surface area contributed by atoms with Crippen molar-refractivity contribution in [1.29, 1.82) is 0 Å². The zero-order valence-corrected chi connectivity index (χ0v) is 15.6. The summed E-state index contributed by atoms with van der Waals surface area (Å²) in [6, 6.07) is 19.1. The Labute approximate surface area is 155 Å². The van der Waals surface area contributed by atoms with E-state index >= 15 is 0 Å². The molecule has 4 heteroatoms. The molecule has 1 N–H and O–H groups in total. The number of benzene rings is 2. The summed E-state index contributed by atoms with van der Waals surface area (Å²) in [7, 11) is 4.08. The first-order valence-corrected chi connectivity index (χ1v) is 9.42. The number of amides is 1. The van der Waals surface area contributed by atoms with Crippen molar-refractivity contribution in [2.75, 3.05) is 33.7 Å². The van der Waals surface area contributed by atoms with Gasteiger partial charge < -0.3 is 10.2 Å². The van der Waals surface area contributed by atoms with Crippen molar-refractivity contribution in [2.24, 2.45) is 0 Å². The lowest BCUT2D eigenvalue weighted by molar-refractivity contribution is -0.144. The highest BCUT2D eigenvalue weighted by Crippen LogP contribution is 2.35. The molecule has 2 aromatic carbocycles. The van der Waals surface area contributed by atoms with Crippen molar-refractivity contribution < 1.29 is 4.79 Å². The molecule has 0 radical (unpaired) electrons. The molecule has 1 heterocycles. The van der Waals surface area contributed by atoms with Gasteiger partial charge in [-0.1, -0.05) is 54.6 Å². The number of rotatable bonds is 3. The zero-order valence-electron chi connectivity index (χ0n) is 15.6. The molecule has 2 aliphatic rings. The van der Waals surface area contributed by atoms with Crippen molar-refractivity contribution in [3.8, 4) is 0 Å². The first-order valence-electron chi connectivity index (χ1n) is 9.42. The van der Waals surface area contributed by atoms with Gasteiger partial charge in [-0.15, -0.1) is 0 Å². The average molecular weight is 349 g/mol. The minimum Gasteiger partial charge on any atom is -0.338 e. The molecule has 1 aliphatic heterocycles. The van der Waals surface area contributed by atoms with E-state index in [0.29, 0.717) is 0 Å². The Bertz CT molecular complexity index is 762. The second-order valence-electron chi connectivity index (χ2n) is 7.72. The predicted molar refractivity (Wildman–Crippen MR) is 104 cm³/mol. The van der Waals surface area contributed by atoms with E-state index in [0.717, 1.165) is 32.5 Å². The predicted octanol–water partition coefficient (Wildman–Crippen LogP) is 2.26. The molecule has 1 saturated heterocycles. The van der Waals surface area contributed by atoms with E-state index in [4.69, 9.17) is 0 Å². The van der Waals surface area contributed by atoms with Crippen LogP contribution in [-0.4, -0.2) is 55.0 Å². The van der Waals surface area contributed by atoms with Crippen LogP contribution in [0.4, 0.5) is 0 Å². The van der Waals surface area contributed by atoms with E-state index in [1.165, 1.54) is 16.7 Å². The summed E-state index contributed by atoms with van der Waals surface area (Å²) in [5, 5.41) is 3.56. The van der Waals surface area contributed by atoms with Crippen LogP contribution in [0.25, 0.3) is 0 Å². The zero-order chi connectivity index (χ0) is 18.1. The van der Waals surface area contributed by atoms with Gasteiger partial charge in [0.1, 0.15) is 5.54 Å². The Balaban J connectivity index is 1.57. The van der Waals surface area contributed by atoms with Gasteiger partial charge in [-0.05, 0) is 30.8 Å². The van der Waals surface area contributed by atoms with Gasteiger partial charge in [-0.3, -0.25) is 9.69 Å². The van der Waals surface area contributed by atoms with Crippen molar-refractivity contribution in [1.82, 2.24) is 15.1 Å². The van der Waals surface area contributed by atoms with Crippen molar-refractivity contribution >= 4 is 5.91 Å². The van der Waals surface area contributed by atoms with Crippen LogP contribution < -0.4 is 5.32 Å². The number of nitrogens with one attached hydrogen (secondary N) is 1. The summed E-state index contributed by atoms with van der Waals surface area (Å²) in [5.74, 6) is 0.265. The molecule has 4 nitrogen and oxygen atoms in total. The number of likely N-dealkylation sites (N-methyl/N-ethyl adjacent to an activating group) is 1. The molecular formula is C22H27N3O. The summed E-state index contributed by atoms with van der Waals surface area (Å²) in [6.45, 7) is 2.34. The van der Waals surface area contributed by atoms with Crippen LogP contribution in [0.15, 0.2) is 54.6 Å². The Morgan fingerprint density at radius 2 is 1.65 bits per heavy atom. The Kier molecular flexibility index (Phi) is 4.55. The number of carbonyl (C=O) groups excluding carboxylic acids is 1. The molecule has 2 aromatic rings. The van der Waals surface area contributed by atoms with Crippen LogP contribution >= 0.6 is 0 Å². The van der Waals surface area contributed by atoms with Gasteiger partial charge in [0, 0.05) is 38.5 Å². The van der Waals surface area contributed by atoms with Crippen LogP contribution in [0.2, 0.25) is 0 Å². The molecule has 0 unspecified atom stereocenters. The maximum Gasteiger partial charge on any atom is 0.243 e. The van der Waals surface area contributed by atoms with Crippen LogP contribution in [0, 0.1) is 0 Å². The Hall–Kier alpha value is -2.17. The molecule has 1 aliphatic carbocycles. The molecule has 1 amide bonds. The number of hydrogen-bond donors (Lipinski definition) is 1. The van der Waals surface area contributed by atoms with E-state index in [2.05, 4.69) is 63.6 Å². The third-order valence-corrected chi connectivity index (χ3v) is 6.00. The van der Waals surface area contributed by atoms with Crippen molar-refractivity contribution in [3.05, 3.63) is 71.3 Å². The van der Waals surface area contributed by atoms with E-state index < -0.39 is 5.54 Å². The van der Waals surface area contributed by atoms with Gasteiger partial charge in [0.2, 0.25) is 5.91 Å². The lowest BCUT2D eigenvalue weighted by atomic mass is 9.91. The number of carbonyl (C=O) groups is 1.